The largest absolute Gasteiger partial charge is 0.480 e. The Morgan fingerprint density at radius 2 is 1.84 bits per heavy atom. The van der Waals surface area contributed by atoms with Crippen LogP contribution in [0.1, 0.15) is 19.4 Å². The molecule has 134 valence electrons. The minimum atomic E-state index is -3.95. The molecule has 2 fully saturated rings. The number of hydrogen-bond donors (Lipinski definition) is 2. The second-order valence-corrected chi connectivity index (χ2v) is 9.36. The van der Waals surface area contributed by atoms with Crippen molar-refractivity contribution in [3.8, 4) is 0 Å². The van der Waals surface area contributed by atoms with Gasteiger partial charge in [0.2, 0.25) is 11.8 Å². The highest BCUT2D eigenvalue weighted by molar-refractivity contribution is 7.94. The number of carboxylic acids is 1. The topological polar surface area (TPSA) is 121 Å². The van der Waals surface area contributed by atoms with Gasteiger partial charge in [0, 0.05) is 0 Å². The van der Waals surface area contributed by atoms with Crippen LogP contribution in [0, 0.1) is 0 Å². The van der Waals surface area contributed by atoms with Crippen LogP contribution in [0.3, 0.4) is 0 Å². The third-order valence-electron chi connectivity index (χ3n) is 4.83. The van der Waals surface area contributed by atoms with Crippen LogP contribution in [0.5, 0.6) is 0 Å². The molecular weight excluding hydrogens is 348 g/mol. The SMILES string of the molecule is CC1(C)[C@H](C(=O)O)N2C(=O)[C@H](NC(=O)Cc3ccccc3)[C@@H]2S1(=O)=O. The van der Waals surface area contributed by atoms with E-state index in [0.717, 1.165) is 10.5 Å². The van der Waals surface area contributed by atoms with Crippen molar-refractivity contribution in [3.05, 3.63) is 35.9 Å². The molecule has 2 aliphatic heterocycles. The molecule has 0 aromatic heterocycles. The van der Waals surface area contributed by atoms with E-state index < -0.39 is 49.8 Å². The van der Waals surface area contributed by atoms with Crippen LogP contribution in [-0.2, 0) is 30.6 Å². The van der Waals surface area contributed by atoms with E-state index in [4.69, 9.17) is 0 Å². The smallest absolute Gasteiger partial charge is 0.328 e. The summed E-state index contributed by atoms with van der Waals surface area (Å²) in [5, 5.41) is 10.4. The molecule has 3 rings (SSSR count). The standard InChI is InChI=1S/C16H18N2O6S/c1-16(2)12(15(21)22)18-13(20)11(14(18)25(16,23)24)17-10(19)8-9-6-4-3-5-7-9/h3-7,11-12,14H,8H2,1-2H3,(H,17,19)(H,21,22)/t11-,12-,14-/m0/s1. The van der Waals surface area contributed by atoms with Crippen LogP contribution in [0.4, 0.5) is 0 Å². The monoisotopic (exact) mass is 366 g/mol. The van der Waals surface area contributed by atoms with Crippen molar-refractivity contribution in [2.75, 3.05) is 0 Å². The summed E-state index contributed by atoms with van der Waals surface area (Å²) in [7, 11) is -3.95. The molecule has 3 atom stereocenters. The normalized spacial score (nSPS) is 28.8. The Hall–Kier alpha value is -2.42. The Morgan fingerprint density at radius 1 is 1.24 bits per heavy atom. The lowest BCUT2D eigenvalue weighted by Gasteiger charge is -2.42. The van der Waals surface area contributed by atoms with Gasteiger partial charge in [-0.25, -0.2) is 13.2 Å². The third-order valence-corrected chi connectivity index (χ3v) is 7.65. The number of sulfone groups is 1. The number of amides is 2. The zero-order chi connectivity index (χ0) is 18.6. The molecule has 2 aliphatic rings. The highest BCUT2D eigenvalue weighted by Crippen LogP contribution is 2.45. The van der Waals surface area contributed by atoms with Crippen LogP contribution >= 0.6 is 0 Å². The molecule has 2 saturated heterocycles. The van der Waals surface area contributed by atoms with Crippen molar-refractivity contribution in [1.29, 1.82) is 0 Å². The van der Waals surface area contributed by atoms with E-state index in [0.29, 0.717) is 0 Å². The summed E-state index contributed by atoms with van der Waals surface area (Å²) < 4.78 is 23.7. The Kier molecular flexibility index (Phi) is 3.86. The fraction of sp³-hybridized carbons (Fsp3) is 0.438. The van der Waals surface area contributed by atoms with Crippen molar-refractivity contribution in [2.45, 2.75) is 42.5 Å². The maximum absolute atomic E-state index is 12.7. The Labute approximate surface area is 144 Å². The van der Waals surface area contributed by atoms with E-state index in [1.54, 1.807) is 30.3 Å². The number of aliphatic carboxylic acids is 1. The molecule has 1 aromatic rings. The number of fused-ring (bicyclic) bond motifs is 1. The summed E-state index contributed by atoms with van der Waals surface area (Å²) in [6.07, 6.45) is 0.00311. The van der Waals surface area contributed by atoms with E-state index in [2.05, 4.69) is 5.32 Å². The predicted octanol–water partition coefficient (Wildman–Crippen LogP) is -0.458. The third kappa shape index (κ3) is 2.41. The maximum atomic E-state index is 12.7. The zero-order valence-corrected chi connectivity index (χ0v) is 14.5. The quantitative estimate of drug-likeness (QED) is 0.696. The van der Waals surface area contributed by atoms with Crippen LogP contribution in [0.2, 0.25) is 0 Å². The first-order chi connectivity index (χ1) is 11.6. The predicted molar refractivity (Wildman–Crippen MR) is 87.1 cm³/mol. The molecule has 2 N–H and O–H groups in total. The number of nitrogens with one attached hydrogen (secondary N) is 1. The minimum Gasteiger partial charge on any atom is -0.480 e. The summed E-state index contributed by atoms with van der Waals surface area (Å²) in [6.45, 7) is 2.57. The van der Waals surface area contributed by atoms with E-state index in [1.807, 2.05) is 0 Å². The number of rotatable bonds is 4. The summed E-state index contributed by atoms with van der Waals surface area (Å²) in [6, 6.07) is 6.10. The van der Waals surface area contributed by atoms with E-state index in [9.17, 15) is 27.9 Å². The molecule has 0 saturated carbocycles. The van der Waals surface area contributed by atoms with Gasteiger partial charge in [0.15, 0.2) is 15.2 Å². The van der Waals surface area contributed by atoms with Crippen LogP contribution in [-0.4, -0.2) is 58.4 Å². The Balaban J connectivity index is 1.81. The van der Waals surface area contributed by atoms with Crippen molar-refractivity contribution < 1.29 is 27.9 Å². The number of benzene rings is 1. The van der Waals surface area contributed by atoms with Gasteiger partial charge in [-0.3, -0.25) is 9.59 Å². The molecule has 0 spiro atoms. The molecule has 25 heavy (non-hydrogen) atoms. The number of nitrogens with zero attached hydrogens (tertiary/aromatic N) is 1. The van der Waals surface area contributed by atoms with E-state index in [-0.39, 0.29) is 6.42 Å². The fourth-order valence-electron chi connectivity index (χ4n) is 3.45. The molecule has 2 amide bonds. The highest BCUT2D eigenvalue weighted by Gasteiger charge is 2.72. The number of hydrogen-bond acceptors (Lipinski definition) is 5. The van der Waals surface area contributed by atoms with Crippen molar-refractivity contribution in [2.24, 2.45) is 0 Å². The molecule has 9 heteroatoms. The molecule has 0 unspecified atom stereocenters. The van der Waals surface area contributed by atoms with E-state index >= 15 is 0 Å². The van der Waals surface area contributed by atoms with Gasteiger partial charge in [0.05, 0.1) is 6.42 Å². The van der Waals surface area contributed by atoms with Crippen LogP contribution in [0.25, 0.3) is 0 Å². The molecule has 8 nitrogen and oxygen atoms in total. The van der Waals surface area contributed by atoms with Gasteiger partial charge in [-0.2, -0.15) is 0 Å². The van der Waals surface area contributed by atoms with Gasteiger partial charge in [-0.05, 0) is 19.4 Å². The van der Waals surface area contributed by atoms with Crippen molar-refractivity contribution >= 4 is 27.6 Å². The number of carbonyl (C=O) groups is 3. The minimum absolute atomic E-state index is 0.00311. The number of carboxylic acid groups (broad SMARTS) is 1. The van der Waals surface area contributed by atoms with Gasteiger partial charge < -0.3 is 15.3 Å². The lowest BCUT2D eigenvalue weighted by Crippen LogP contribution is -2.72. The van der Waals surface area contributed by atoms with Gasteiger partial charge in [0.1, 0.15) is 16.8 Å². The van der Waals surface area contributed by atoms with Gasteiger partial charge >= 0.3 is 5.97 Å². The van der Waals surface area contributed by atoms with E-state index in [1.165, 1.54) is 13.8 Å². The zero-order valence-electron chi connectivity index (χ0n) is 13.7. The lowest BCUT2D eigenvalue weighted by atomic mass is 9.96. The van der Waals surface area contributed by atoms with Gasteiger partial charge in [0.25, 0.3) is 0 Å². The molecular formula is C16H18N2O6S. The number of carbonyl (C=O) groups excluding carboxylic acids is 2. The summed E-state index contributed by atoms with van der Waals surface area (Å²) in [4.78, 5) is 36.8. The maximum Gasteiger partial charge on any atom is 0.328 e. The summed E-state index contributed by atoms with van der Waals surface area (Å²) in [5.74, 6) is -2.55. The van der Waals surface area contributed by atoms with Gasteiger partial charge in [-0.1, -0.05) is 30.3 Å². The molecule has 2 heterocycles. The number of β-lactam (4-membered cyclic amide) rings is 1. The highest BCUT2D eigenvalue weighted by atomic mass is 32.2. The molecule has 0 aliphatic carbocycles. The van der Waals surface area contributed by atoms with Crippen LogP contribution < -0.4 is 5.32 Å². The second kappa shape index (κ2) is 5.55. The summed E-state index contributed by atoms with van der Waals surface area (Å²) in [5.41, 5.74) is 0.724. The first kappa shape index (κ1) is 17.4. The van der Waals surface area contributed by atoms with Crippen molar-refractivity contribution in [3.63, 3.8) is 0 Å². The van der Waals surface area contributed by atoms with Crippen molar-refractivity contribution in [1.82, 2.24) is 10.2 Å². The molecule has 0 radical (unpaired) electrons. The Bertz CT molecular complexity index is 849. The van der Waals surface area contributed by atoms with Gasteiger partial charge in [-0.15, -0.1) is 0 Å². The first-order valence-corrected chi connectivity index (χ1v) is 9.25. The first-order valence-electron chi connectivity index (χ1n) is 7.70. The molecule has 0 bridgehead atoms. The average molecular weight is 366 g/mol. The second-order valence-electron chi connectivity index (χ2n) is 6.73. The van der Waals surface area contributed by atoms with Crippen LogP contribution in [0.15, 0.2) is 30.3 Å². The average Bonchev–Trinajstić information content (AvgIpc) is 2.67. The fourth-order valence-corrected chi connectivity index (χ4v) is 5.66. The molecule has 1 aromatic carbocycles. The summed E-state index contributed by atoms with van der Waals surface area (Å²) >= 11 is 0. The Morgan fingerprint density at radius 3 is 2.40 bits per heavy atom. The lowest BCUT2D eigenvalue weighted by molar-refractivity contribution is -0.161.